The van der Waals surface area contributed by atoms with Gasteiger partial charge in [0.1, 0.15) is 13.2 Å². The third-order valence-corrected chi connectivity index (χ3v) is 9.87. The first-order valence-electron chi connectivity index (χ1n) is 12.2. The smallest absolute Gasteiger partial charge is 0.161 e. The van der Waals surface area contributed by atoms with Gasteiger partial charge in [0.25, 0.3) is 0 Å². The predicted molar refractivity (Wildman–Crippen MR) is 118 cm³/mol. The van der Waals surface area contributed by atoms with Crippen molar-refractivity contribution in [1.82, 2.24) is 0 Å². The molecule has 5 aliphatic rings. The van der Waals surface area contributed by atoms with Crippen LogP contribution < -0.4 is 9.47 Å². The Bertz CT molecular complexity index is 951. The average Bonchev–Trinajstić information content (AvgIpc) is 3.07. The van der Waals surface area contributed by atoms with Gasteiger partial charge in [-0.25, -0.2) is 0 Å². The molecule has 7 atom stereocenters. The van der Waals surface area contributed by atoms with Gasteiger partial charge in [-0.15, -0.1) is 0 Å². The molecular weight excluding hydrogens is 388 g/mol. The summed E-state index contributed by atoms with van der Waals surface area (Å²) in [5.74, 6) is 4.05. The highest BCUT2D eigenvalue weighted by Gasteiger charge is 2.62. The van der Waals surface area contributed by atoms with E-state index in [1.807, 2.05) is 6.08 Å². The number of fused-ring (bicyclic) bond motifs is 6. The molecule has 0 radical (unpaired) electrons. The van der Waals surface area contributed by atoms with E-state index in [4.69, 9.17) is 9.47 Å². The first-order valence-corrected chi connectivity index (χ1v) is 12.2. The summed E-state index contributed by atoms with van der Waals surface area (Å²) in [7, 11) is 0. The van der Waals surface area contributed by atoms with Crippen molar-refractivity contribution >= 4 is 5.78 Å². The summed E-state index contributed by atoms with van der Waals surface area (Å²) >= 11 is 0. The van der Waals surface area contributed by atoms with Crippen molar-refractivity contribution < 1.29 is 19.4 Å². The Labute approximate surface area is 185 Å². The Balaban J connectivity index is 1.48. The number of ketones is 1. The minimum Gasteiger partial charge on any atom is -0.486 e. The number of aliphatic hydroxyl groups is 1. The monoisotopic (exact) mass is 422 g/mol. The largest absolute Gasteiger partial charge is 0.486 e. The van der Waals surface area contributed by atoms with Crippen molar-refractivity contribution in [2.45, 2.75) is 70.8 Å². The molecule has 1 N–H and O–H groups in total. The highest BCUT2D eigenvalue weighted by Crippen LogP contribution is 2.69. The van der Waals surface area contributed by atoms with Crippen LogP contribution in [0.3, 0.4) is 0 Å². The van der Waals surface area contributed by atoms with E-state index in [1.165, 1.54) is 11.1 Å². The SMILES string of the molecule is CC12CCC(=O)C=C1CCC1C2C(c2ccc3c(c2)OCCO3)CC2(C)C(O)CCC12. The van der Waals surface area contributed by atoms with Gasteiger partial charge in [0.05, 0.1) is 6.10 Å². The number of carbonyl (C=O) groups excluding carboxylic acids is 1. The number of carbonyl (C=O) groups is 1. The molecule has 7 unspecified atom stereocenters. The lowest BCUT2D eigenvalue weighted by Gasteiger charge is -2.61. The third kappa shape index (κ3) is 2.79. The molecule has 3 fully saturated rings. The minimum atomic E-state index is -0.212. The zero-order valence-electron chi connectivity index (χ0n) is 18.7. The maximum absolute atomic E-state index is 12.3. The van der Waals surface area contributed by atoms with E-state index in [9.17, 15) is 9.90 Å². The quantitative estimate of drug-likeness (QED) is 0.689. The lowest BCUT2D eigenvalue weighted by atomic mass is 9.44. The number of rotatable bonds is 1. The zero-order chi connectivity index (χ0) is 21.4. The van der Waals surface area contributed by atoms with Gasteiger partial charge in [-0.1, -0.05) is 25.5 Å². The van der Waals surface area contributed by atoms with Crippen LogP contribution in [0.15, 0.2) is 29.8 Å². The number of ether oxygens (including phenoxy) is 2. The van der Waals surface area contributed by atoms with Gasteiger partial charge in [-0.2, -0.15) is 0 Å². The van der Waals surface area contributed by atoms with Crippen molar-refractivity contribution in [2.24, 2.45) is 28.6 Å². The van der Waals surface area contributed by atoms with Gasteiger partial charge < -0.3 is 14.6 Å². The van der Waals surface area contributed by atoms with Gasteiger partial charge in [0, 0.05) is 6.42 Å². The fourth-order valence-electron chi connectivity index (χ4n) is 8.33. The molecule has 0 spiro atoms. The van der Waals surface area contributed by atoms with Crippen LogP contribution in [0.5, 0.6) is 11.5 Å². The van der Waals surface area contributed by atoms with Crippen LogP contribution in [0, 0.1) is 28.6 Å². The third-order valence-electron chi connectivity index (χ3n) is 9.87. The number of hydrogen-bond donors (Lipinski definition) is 1. The molecule has 4 nitrogen and oxygen atoms in total. The van der Waals surface area contributed by atoms with Gasteiger partial charge >= 0.3 is 0 Å². The molecule has 31 heavy (non-hydrogen) atoms. The van der Waals surface area contributed by atoms with E-state index >= 15 is 0 Å². The second kappa shape index (κ2) is 6.84. The molecule has 166 valence electrons. The van der Waals surface area contributed by atoms with Crippen LogP contribution in [0.4, 0.5) is 0 Å². The van der Waals surface area contributed by atoms with Crippen molar-refractivity contribution in [1.29, 1.82) is 0 Å². The van der Waals surface area contributed by atoms with Gasteiger partial charge in [-0.05, 0) is 96.8 Å². The summed E-state index contributed by atoms with van der Waals surface area (Å²) in [4.78, 5) is 12.3. The molecule has 0 saturated heterocycles. The summed E-state index contributed by atoms with van der Waals surface area (Å²) in [5.41, 5.74) is 2.75. The summed E-state index contributed by atoms with van der Waals surface area (Å²) in [6.45, 7) is 5.97. The predicted octanol–water partition coefficient (Wildman–Crippen LogP) is 5.04. The fraction of sp³-hybridized carbons (Fsp3) is 0.667. The molecular formula is C27H34O4. The van der Waals surface area contributed by atoms with E-state index in [2.05, 4.69) is 32.0 Å². The lowest BCUT2D eigenvalue weighted by Crippen LogP contribution is -2.54. The molecule has 3 saturated carbocycles. The number of allylic oxidation sites excluding steroid dienone is 1. The Hall–Kier alpha value is -1.81. The van der Waals surface area contributed by atoms with Gasteiger partial charge in [0.15, 0.2) is 17.3 Å². The normalized spacial score (nSPS) is 43.5. The first kappa shape index (κ1) is 19.8. The van der Waals surface area contributed by atoms with E-state index in [0.29, 0.717) is 49.1 Å². The molecule has 1 aromatic rings. The highest BCUT2D eigenvalue weighted by atomic mass is 16.6. The van der Waals surface area contributed by atoms with Crippen LogP contribution in [0.1, 0.15) is 70.3 Å². The molecule has 4 heteroatoms. The summed E-state index contributed by atoms with van der Waals surface area (Å²) in [6.07, 6.45) is 8.67. The van der Waals surface area contributed by atoms with Crippen LogP contribution in [-0.4, -0.2) is 30.2 Å². The second-order valence-corrected chi connectivity index (χ2v) is 11.2. The maximum Gasteiger partial charge on any atom is 0.161 e. The fourth-order valence-corrected chi connectivity index (χ4v) is 8.33. The standard InChI is InChI=1S/C27H34O4/c1-26-10-9-18(28)14-17(26)4-5-19-21-6-8-24(29)27(21,2)15-20(25(19)26)16-3-7-22-23(13-16)31-12-11-30-22/h3,7,13-14,19-21,24-25,29H,4-6,8-12,15H2,1-2H3. The molecule has 6 rings (SSSR count). The van der Waals surface area contributed by atoms with Gasteiger partial charge in [0.2, 0.25) is 0 Å². The molecule has 0 aromatic heterocycles. The second-order valence-electron chi connectivity index (χ2n) is 11.2. The zero-order valence-corrected chi connectivity index (χ0v) is 18.7. The van der Waals surface area contributed by atoms with E-state index in [-0.39, 0.29) is 16.9 Å². The van der Waals surface area contributed by atoms with E-state index in [1.54, 1.807) is 0 Å². The topological polar surface area (TPSA) is 55.8 Å². The average molecular weight is 423 g/mol. The molecule has 0 amide bonds. The lowest BCUT2D eigenvalue weighted by molar-refractivity contribution is -0.118. The van der Waals surface area contributed by atoms with Crippen molar-refractivity contribution in [2.75, 3.05) is 13.2 Å². The Morgan fingerprint density at radius 3 is 2.68 bits per heavy atom. The van der Waals surface area contributed by atoms with E-state index < -0.39 is 0 Å². The van der Waals surface area contributed by atoms with Crippen molar-refractivity contribution in [3.05, 3.63) is 35.4 Å². The number of benzene rings is 1. The van der Waals surface area contributed by atoms with Crippen molar-refractivity contribution in [3.63, 3.8) is 0 Å². The summed E-state index contributed by atoms with van der Waals surface area (Å²) in [5, 5.41) is 11.1. The molecule has 4 aliphatic carbocycles. The molecule has 1 heterocycles. The van der Waals surface area contributed by atoms with Crippen LogP contribution in [0.2, 0.25) is 0 Å². The minimum absolute atomic E-state index is 0.0266. The Kier molecular flexibility index (Phi) is 4.38. The Morgan fingerprint density at radius 1 is 1.03 bits per heavy atom. The van der Waals surface area contributed by atoms with Crippen LogP contribution in [-0.2, 0) is 4.79 Å². The first-order chi connectivity index (χ1) is 14.9. The highest BCUT2D eigenvalue weighted by molar-refractivity contribution is 5.91. The number of aliphatic hydroxyl groups excluding tert-OH is 1. The molecule has 1 aromatic carbocycles. The van der Waals surface area contributed by atoms with Gasteiger partial charge in [-0.3, -0.25) is 4.79 Å². The number of hydrogen-bond acceptors (Lipinski definition) is 4. The molecule has 0 bridgehead atoms. The molecule has 1 aliphatic heterocycles. The summed E-state index contributed by atoms with van der Waals surface area (Å²) in [6, 6.07) is 6.51. The van der Waals surface area contributed by atoms with E-state index in [0.717, 1.165) is 50.0 Å². The summed E-state index contributed by atoms with van der Waals surface area (Å²) < 4.78 is 11.7. The van der Waals surface area contributed by atoms with Crippen LogP contribution in [0.25, 0.3) is 0 Å². The maximum atomic E-state index is 12.3. The Morgan fingerprint density at radius 2 is 1.84 bits per heavy atom. The van der Waals surface area contributed by atoms with Crippen LogP contribution >= 0.6 is 0 Å². The van der Waals surface area contributed by atoms with Crippen molar-refractivity contribution in [3.8, 4) is 11.5 Å².